The second-order valence-electron chi connectivity index (χ2n) is 4.25. The van der Waals surface area contributed by atoms with Gasteiger partial charge < -0.3 is 9.30 Å². The number of fused-ring (bicyclic) bond motifs is 1. The molecule has 0 atom stereocenters. The van der Waals surface area contributed by atoms with Crippen LogP contribution in [-0.4, -0.2) is 22.1 Å². The quantitative estimate of drug-likeness (QED) is 0.787. The van der Waals surface area contributed by atoms with E-state index in [1.165, 1.54) is 12.1 Å². The van der Waals surface area contributed by atoms with E-state index < -0.39 is 5.97 Å². The molecule has 1 heterocycles. The van der Waals surface area contributed by atoms with Crippen molar-refractivity contribution in [3.63, 3.8) is 0 Å². The lowest BCUT2D eigenvalue weighted by molar-refractivity contribution is 0.0505. The van der Waals surface area contributed by atoms with Gasteiger partial charge in [0.25, 0.3) is 0 Å². The van der Waals surface area contributed by atoms with Crippen molar-refractivity contribution in [1.29, 1.82) is 0 Å². The molecule has 0 amide bonds. The lowest BCUT2D eigenvalue weighted by Crippen LogP contribution is -2.14. The number of imidazole rings is 1. The zero-order valence-electron chi connectivity index (χ0n) is 10.6. The first-order valence-electron chi connectivity index (χ1n) is 5.89. The fraction of sp³-hybridized carbons (Fsp3) is 0.385. The van der Waals surface area contributed by atoms with Crippen LogP contribution < -0.4 is 0 Å². The van der Waals surface area contributed by atoms with Gasteiger partial charge in [-0.25, -0.2) is 14.2 Å². The second-order valence-corrected chi connectivity index (χ2v) is 4.25. The molecule has 0 aliphatic carbocycles. The first-order valence-corrected chi connectivity index (χ1v) is 5.89. The Bertz CT molecular complexity index is 590. The second kappa shape index (κ2) is 4.76. The van der Waals surface area contributed by atoms with Gasteiger partial charge >= 0.3 is 5.97 Å². The van der Waals surface area contributed by atoms with Gasteiger partial charge in [0, 0.05) is 6.04 Å². The highest BCUT2D eigenvalue weighted by atomic mass is 19.1. The standard InChI is InChI=1S/C13H15FN2O2/c1-4-18-13(17)12-15-10-6-5-9(14)7-11(10)16(12)8(2)3/h5-8H,4H2,1-3H3. The Kier molecular flexibility index (Phi) is 3.32. The summed E-state index contributed by atoms with van der Waals surface area (Å²) in [6.07, 6.45) is 0. The van der Waals surface area contributed by atoms with Crippen LogP contribution in [0.25, 0.3) is 11.0 Å². The van der Waals surface area contributed by atoms with Crippen molar-refractivity contribution in [1.82, 2.24) is 9.55 Å². The minimum absolute atomic E-state index is 0.00351. The molecule has 1 aromatic carbocycles. The molecule has 0 bridgehead atoms. The SMILES string of the molecule is CCOC(=O)c1nc2ccc(F)cc2n1C(C)C. The predicted octanol–water partition coefficient (Wildman–Crippen LogP) is 2.93. The van der Waals surface area contributed by atoms with Gasteiger partial charge in [-0.15, -0.1) is 0 Å². The highest BCUT2D eigenvalue weighted by Gasteiger charge is 2.20. The summed E-state index contributed by atoms with van der Waals surface area (Å²) in [5.41, 5.74) is 1.20. The molecule has 0 saturated heterocycles. The van der Waals surface area contributed by atoms with E-state index in [9.17, 15) is 9.18 Å². The number of esters is 1. The summed E-state index contributed by atoms with van der Waals surface area (Å²) in [7, 11) is 0. The molecular formula is C13H15FN2O2. The fourth-order valence-electron chi connectivity index (χ4n) is 1.93. The first-order chi connectivity index (χ1) is 8.54. The molecule has 0 unspecified atom stereocenters. The lowest BCUT2D eigenvalue weighted by atomic mass is 10.3. The molecule has 0 aliphatic heterocycles. The van der Waals surface area contributed by atoms with Crippen molar-refractivity contribution in [2.45, 2.75) is 26.8 Å². The topological polar surface area (TPSA) is 44.1 Å². The van der Waals surface area contributed by atoms with Gasteiger partial charge in [0.15, 0.2) is 0 Å². The Hall–Kier alpha value is -1.91. The van der Waals surface area contributed by atoms with E-state index in [2.05, 4.69) is 4.98 Å². The van der Waals surface area contributed by atoms with Crippen LogP contribution in [0.4, 0.5) is 4.39 Å². The van der Waals surface area contributed by atoms with Gasteiger partial charge in [0.1, 0.15) is 5.82 Å². The van der Waals surface area contributed by atoms with Crippen LogP contribution in [0.2, 0.25) is 0 Å². The molecule has 2 aromatic rings. The summed E-state index contributed by atoms with van der Waals surface area (Å²) in [4.78, 5) is 16.0. The Morgan fingerprint density at radius 1 is 1.50 bits per heavy atom. The van der Waals surface area contributed by atoms with Crippen LogP contribution in [0.5, 0.6) is 0 Å². The maximum atomic E-state index is 13.3. The van der Waals surface area contributed by atoms with Gasteiger partial charge in [-0.2, -0.15) is 0 Å². The van der Waals surface area contributed by atoms with Gasteiger partial charge in [-0.05, 0) is 39.0 Å². The molecule has 96 valence electrons. The third-order valence-electron chi connectivity index (χ3n) is 2.63. The number of rotatable bonds is 3. The zero-order valence-corrected chi connectivity index (χ0v) is 10.6. The number of halogens is 1. The summed E-state index contributed by atoms with van der Waals surface area (Å²) < 4.78 is 19.9. The molecule has 18 heavy (non-hydrogen) atoms. The number of hydrogen-bond donors (Lipinski definition) is 0. The van der Waals surface area contributed by atoms with E-state index in [4.69, 9.17) is 4.74 Å². The normalized spacial score (nSPS) is 11.2. The monoisotopic (exact) mass is 250 g/mol. The summed E-state index contributed by atoms with van der Waals surface area (Å²) in [6.45, 7) is 5.85. The Morgan fingerprint density at radius 2 is 2.22 bits per heavy atom. The average molecular weight is 250 g/mol. The summed E-state index contributed by atoms with van der Waals surface area (Å²) >= 11 is 0. The summed E-state index contributed by atoms with van der Waals surface area (Å²) in [5, 5.41) is 0. The molecule has 4 nitrogen and oxygen atoms in total. The smallest absolute Gasteiger partial charge is 0.374 e. The van der Waals surface area contributed by atoms with E-state index in [-0.39, 0.29) is 24.3 Å². The number of hydrogen-bond acceptors (Lipinski definition) is 3. The molecule has 0 saturated carbocycles. The van der Waals surface area contributed by atoms with E-state index >= 15 is 0 Å². The van der Waals surface area contributed by atoms with Gasteiger partial charge in [0.05, 0.1) is 17.6 Å². The zero-order chi connectivity index (χ0) is 13.3. The van der Waals surface area contributed by atoms with Gasteiger partial charge in [-0.3, -0.25) is 0 Å². The van der Waals surface area contributed by atoms with Gasteiger partial charge in [0.2, 0.25) is 5.82 Å². The Morgan fingerprint density at radius 3 is 2.83 bits per heavy atom. The highest BCUT2D eigenvalue weighted by Crippen LogP contribution is 2.22. The molecule has 0 spiro atoms. The van der Waals surface area contributed by atoms with Crippen LogP contribution in [0.15, 0.2) is 18.2 Å². The lowest BCUT2D eigenvalue weighted by Gasteiger charge is -2.11. The van der Waals surface area contributed by atoms with E-state index in [0.29, 0.717) is 11.0 Å². The minimum Gasteiger partial charge on any atom is -0.460 e. The fourth-order valence-corrected chi connectivity index (χ4v) is 1.93. The third-order valence-corrected chi connectivity index (χ3v) is 2.63. The minimum atomic E-state index is -0.484. The number of nitrogens with zero attached hydrogens (tertiary/aromatic N) is 2. The first kappa shape index (κ1) is 12.5. The number of benzene rings is 1. The average Bonchev–Trinajstić information content (AvgIpc) is 2.67. The van der Waals surface area contributed by atoms with Crippen LogP contribution in [0.3, 0.4) is 0 Å². The molecule has 0 fully saturated rings. The molecule has 0 aliphatic rings. The molecule has 0 radical (unpaired) electrons. The van der Waals surface area contributed by atoms with E-state index in [1.807, 2.05) is 13.8 Å². The predicted molar refractivity (Wildman–Crippen MR) is 66.0 cm³/mol. The Labute approximate surface area is 104 Å². The highest BCUT2D eigenvalue weighted by molar-refractivity contribution is 5.91. The largest absolute Gasteiger partial charge is 0.460 e. The number of ether oxygens (including phenoxy) is 1. The summed E-state index contributed by atoms with van der Waals surface area (Å²) in [6, 6.07) is 4.27. The molecule has 5 heteroatoms. The van der Waals surface area contributed by atoms with Crippen molar-refractivity contribution in [2.75, 3.05) is 6.61 Å². The van der Waals surface area contributed by atoms with Crippen LogP contribution in [0.1, 0.15) is 37.4 Å². The van der Waals surface area contributed by atoms with Crippen LogP contribution in [0, 0.1) is 5.82 Å². The molecule has 0 N–H and O–H groups in total. The van der Waals surface area contributed by atoms with Crippen LogP contribution >= 0.6 is 0 Å². The van der Waals surface area contributed by atoms with Crippen molar-refractivity contribution in [3.8, 4) is 0 Å². The van der Waals surface area contributed by atoms with Crippen LogP contribution in [-0.2, 0) is 4.74 Å². The Balaban J connectivity index is 2.65. The van der Waals surface area contributed by atoms with E-state index in [0.717, 1.165) is 0 Å². The maximum absolute atomic E-state index is 13.3. The molecular weight excluding hydrogens is 235 g/mol. The number of carbonyl (C=O) groups excluding carboxylic acids is 1. The third kappa shape index (κ3) is 2.08. The molecule has 2 rings (SSSR count). The van der Waals surface area contributed by atoms with Gasteiger partial charge in [-0.1, -0.05) is 0 Å². The van der Waals surface area contributed by atoms with Crippen molar-refractivity contribution in [2.24, 2.45) is 0 Å². The maximum Gasteiger partial charge on any atom is 0.374 e. The van der Waals surface area contributed by atoms with Crippen molar-refractivity contribution < 1.29 is 13.9 Å². The van der Waals surface area contributed by atoms with Crippen molar-refractivity contribution >= 4 is 17.0 Å². The van der Waals surface area contributed by atoms with Crippen molar-refractivity contribution in [3.05, 3.63) is 29.8 Å². The van der Waals surface area contributed by atoms with E-state index in [1.54, 1.807) is 17.6 Å². The summed E-state index contributed by atoms with van der Waals surface area (Å²) in [5.74, 6) is -0.616. The number of carbonyl (C=O) groups is 1. The molecule has 1 aromatic heterocycles. The number of aromatic nitrogens is 2.